The molecule has 0 fully saturated rings. The second-order valence-corrected chi connectivity index (χ2v) is 8.97. The van der Waals surface area contributed by atoms with Crippen LogP contribution in [-0.4, -0.2) is 62.3 Å². The van der Waals surface area contributed by atoms with Crippen LogP contribution in [0.3, 0.4) is 0 Å². The third kappa shape index (κ3) is 5.22. The molecule has 0 spiro atoms. The number of methoxy groups -OCH3 is 2. The van der Waals surface area contributed by atoms with Crippen molar-refractivity contribution in [3.05, 3.63) is 64.9 Å². The number of fused-ring (bicyclic) bond motifs is 1. The summed E-state index contributed by atoms with van der Waals surface area (Å²) in [5.74, 6) is 1.29. The van der Waals surface area contributed by atoms with Gasteiger partial charge in [0.25, 0.3) is 0 Å². The Hall–Kier alpha value is -3.81. The van der Waals surface area contributed by atoms with Crippen molar-refractivity contribution >= 4 is 23.5 Å². The Morgan fingerprint density at radius 2 is 1.81 bits per heavy atom. The summed E-state index contributed by atoms with van der Waals surface area (Å²) in [7, 11) is 6.84. The predicted octanol–water partition coefficient (Wildman–Crippen LogP) is 4.87. The molecule has 0 saturated heterocycles. The van der Waals surface area contributed by atoms with Gasteiger partial charge < -0.3 is 14.8 Å². The van der Waals surface area contributed by atoms with E-state index in [1.165, 1.54) is 5.57 Å². The molecule has 2 heterocycles. The summed E-state index contributed by atoms with van der Waals surface area (Å²) in [4.78, 5) is 12.8. The molecule has 0 radical (unpaired) electrons. The number of amides is 2. The molecule has 2 amide bonds. The second-order valence-electron chi connectivity index (χ2n) is 8.97. The first kappa shape index (κ1) is 25.3. The molecule has 4 rings (SSSR count). The van der Waals surface area contributed by atoms with Gasteiger partial charge in [0.15, 0.2) is 11.5 Å². The first-order chi connectivity index (χ1) is 17.5. The number of carbonyl (C=O) groups excluding carboxylic acids is 1. The number of carbonyl (C=O) groups is 1. The number of benzene rings is 2. The fraction of sp³-hybridized carbons (Fsp3) is 0.393. The largest absolute Gasteiger partial charge is 0.493 e. The van der Waals surface area contributed by atoms with Crippen LogP contribution in [0.5, 0.6) is 11.5 Å². The molecule has 36 heavy (non-hydrogen) atoms. The predicted molar refractivity (Wildman–Crippen MR) is 144 cm³/mol. The quantitative estimate of drug-likeness (QED) is 0.650. The van der Waals surface area contributed by atoms with Crippen LogP contribution in [0.1, 0.15) is 54.9 Å². The first-order valence-corrected chi connectivity index (χ1v) is 12.4. The Morgan fingerprint density at radius 3 is 2.47 bits per heavy atom. The molecule has 8 nitrogen and oxygen atoms in total. The average molecular weight is 490 g/mol. The lowest BCUT2D eigenvalue weighted by atomic mass is 9.92. The SMILES string of the molecule is CCC1Cc2cc(OC)c(OC)cc2C(c2ccc(C3=CN(C)N=CCCC3)cc2)=NN1C(=O)NC. The second kappa shape index (κ2) is 11.3. The average Bonchev–Trinajstić information content (AvgIpc) is 3.05. The highest BCUT2D eigenvalue weighted by Crippen LogP contribution is 2.35. The fourth-order valence-corrected chi connectivity index (χ4v) is 4.71. The Labute approximate surface area is 213 Å². The minimum absolute atomic E-state index is 0.0882. The van der Waals surface area contributed by atoms with Crippen molar-refractivity contribution in [2.75, 3.05) is 28.3 Å². The van der Waals surface area contributed by atoms with Gasteiger partial charge in [0.05, 0.1) is 26.0 Å². The van der Waals surface area contributed by atoms with E-state index in [9.17, 15) is 4.79 Å². The van der Waals surface area contributed by atoms with Crippen molar-refractivity contribution in [1.29, 1.82) is 0 Å². The first-order valence-electron chi connectivity index (χ1n) is 12.4. The Kier molecular flexibility index (Phi) is 7.93. The molecule has 0 aliphatic carbocycles. The van der Waals surface area contributed by atoms with Crippen LogP contribution in [0.15, 0.2) is 52.8 Å². The van der Waals surface area contributed by atoms with E-state index in [2.05, 4.69) is 47.8 Å². The van der Waals surface area contributed by atoms with Gasteiger partial charge in [-0.05, 0) is 60.9 Å². The number of hydrogen-bond acceptors (Lipinski definition) is 6. The number of rotatable bonds is 5. The Balaban J connectivity index is 1.82. The topological polar surface area (TPSA) is 78.8 Å². The van der Waals surface area contributed by atoms with E-state index in [1.807, 2.05) is 30.4 Å². The van der Waals surface area contributed by atoms with Gasteiger partial charge >= 0.3 is 6.03 Å². The van der Waals surface area contributed by atoms with Crippen molar-refractivity contribution in [2.45, 2.75) is 45.1 Å². The fourth-order valence-electron chi connectivity index (χ4n) is 4.71. The van der Waals surface area contributed by atoms with Crippen LogP contribution in [0, 0.1) is 0 Å². The van der Waals surface area contributed by atoms with Gasteiger partial charge in [-0.2, -0.15) is 10.2 Å². The maximum atomic E-state index is 12.8. The number of allylic oxidation sites excluding steroid dienone is 1. The Morgan fingerprint density at radius 1 is 1.11 bits per heavy atom. The van der Waals surface area contributed by atoms with Crippen LogP contribution in [0.25, 0.3) is 5.57 Å². The van der Waals surface area contributed by atoms with Crippen molar-refractivity contribution in [1.82, 2.24) is 15.3 Å². The summed E-state index contributed by atoms with van der Waals surface area (Å²) >= 11 is 0. The zero-order valence-corrected chi connectivity index (χ0v) is 21.7. The molecular weight excluding hydrogens is 454 g/mol. The molecular formula is C28H35N5O3. The van der Waals surface area contributed by atoms with E-state index in [0.29, 0.717) is 17.9 Å². The molecule has 2 aliphatic heterocycles. The minimum Gasteiger partial charge on any atom is -0.493 e. The lowest BCUT2D eigenvalue weighted by molar-refractivity contribution is 0.177. The van der Waals surface area contributed by atoms with Crippen molar-refractivity contribution < 1.29 is 14.3 Å². The van der Waals surface area contributed by atoms with Gasteiger partial charge in [-0.15, -0.1) is 0 Å². The van der Waals surface area contributed by atoms with Crippen molar-refractivity contribution in [3.8, 4) is 11.5 Å². The summed E-state index contributed by atoms with van der Waals surface area (Å²) in [6.07, 6.45) is 8.48. The van der Waals surface area contributed by atoms with E-state index in [-0.39, 0.29) is 12.1 Å². The van der Waals surface area contributed by atoms with Crippen LogP contribution in [0.4, 0.5) is 4.79 Å². The van der Waals surface area contributed by atoms with E-state index >= 15 is 0 Å². The minimum atomic E-state index is -0.231. The zero-order chi connectivity index (χ0) is 25.7. The molecule has 2 aliphatic rings. The summed E-state index contributed by atoms with van der Waals surface area (Å²) in [5, 5.41) is 15.5. The highest BCUT2D eigenvalue weighted by Gasteiger charge is 2.30. The molecule has 2 aromatic rings. The molecule has 0 saturated carbocycles. The number of nitrogens with zero attached hydrogens (tertiary/aromatic N) is 4. The molecule has 2 aromatic carbocycles. The van der Waals surface area contributed by atoms with Crippen LogP contribution in [0.2, 0.25) is 0 Å². The standard InChI is InChI=1S/C28H35N5O3/c1-6-23-15-22-16-25(35-4)26(36-5)17-24(22)27(31-33(23)28(34)29-2)20-12-10-19(11-13-20)21-9-7-8-14-30-32(3)18-21/h10-14,16-18,23H,6-9,15H2,1-5H3,(H,29,34). The van der Waals surface area contributed by atoms with Gasteiger partial charge in [-0.3, -0.25) is 5.01 Å². The molecule has 8 heteroatoms. The summed E-state index contributed by atoms with van der Waals surface area (Å²) < 4.78 is 11.2. The van der Waals surface area contributed by atoms with Crippen molar-refractivity contribution in [3.63, 3.8) is 0 Å². The molecule has 1 N–H and O–H groups in total. The van der Waals surface area contributed by atoms with Crippen molar-refractivity contribution in [2.24, 2.45) is 10.2 Å². The zero-order valence-electron chi connectivity index (χ0n) is 21.7. The maximum Gasteiger partial charge on any atom is 0.337 e. The van der Waals surface area contributed by atoms with Crippen LogP contribution >= 0.6 is 0 Å². The van der Waals surface area contributed by atoms with Crippen LogP contribution < -0.4 is 14.8 Å². The molecule has 0 aromatic heterocycles. The third-order valence-electron chi connectivity index (χ3n) is 6.68. The number of urea groups is 1. The van der Waals surface area contributed by atoms with E-state index in [0.717, 1.165) is 53.6 Å². The number of hydrogen-bond donors (Lipinski definition) is 1. The number of hydrazone groups is 2. The smallest absolute Gasteiger partial charge is 0.337 e. The van der Waals surface area contributed by atoms with Crippen LogP contribution in [-0.2, 0) is 6.42 Å². The molecule has 1 atom stereocenters. The van der Waals surface area contributed by atoms with E-state index < -0.39 is 0 Å². The van der Waals surface area contributed by atoms with Gasteiger partial charge in [0.2, 0.25) is 0 Å². The van der Waals surface area contributed by atoms with E-state index in [1.54, 1.807) is 26.3 Å². The monoisotopic (exact) mass is 489 g/mol. The van der Waals surface area contributed by atoms with Gasteiger partial charge in [-0.1, -0.05) is 31.2 Å². The molecule has 0 bridgehead atoms. The van der Waals surface area contributed by atoms with E-state index in [4.69, 9.17) is 14.6 Å². The van der Waals surface area contributed by atoms with Gasteiger partial charge in [-0.25, -0.2) is 9.80 Å². The molecule has 190 valence electrons. The highest BCUT2D eigenvalue weighted by molar-refractivity contribution is 6.14. The lowest BCUT2D eigenvalue weighted by Gasteiger charge is -2.25. The number of ether oxygens (including phenoxy) is 2. The summed E-state index contributed by atoms with van der Waals surface area (Å²) in [6, 6.07) is 12.0. The van der Waals surface area contributed by atoms with Gasteiger partial charge in [0.1, 0.15) is 0 Å². The third-order valence-corrected chi connectivity index (χ3v) is 6.68. The number of nitrogens with one attached hydrogen (secondary N) is 1. The normalized spacial score (nSPS) is 17.8. The highest BCUT2D eigenvalue weighted by atomic mass is 16.5. The lowest BCUT2D eigenvalue weighted by Crippen LogP contribution is -2.42. The summed E-state index contributed by atoms with van der Waals surface area (Å²) in [6.45, 7) is 2.07. The maximum absolute atomic E-state index is 12.8. The van der Waals surface area contributed by atoms with Gasteiger partial charge in [0, 0.05) is 37.6 Å². The summed E-state index contributed by atoms with van der Waals surface area (Å²) in [5.41, 5.74) is 6.05. The Bertz CT molecular complexity index is 1190. The molecule has 1 unspecified atom stereocenters.